The van der Waals surface area contributed by atoms with Gasteiger partial charge in [0.2, 0.25) is 0 Å². The maximum absolute atomic E-state index is 12.8. The van der Waals surface area contributed by atoms with Crippen molar-refractivity contribution in [2.45, 2.75) is 31.8 Å². The summed E-state index contributed by atoms with van der Waals surface area (Å²) in [5.41, 5.74) is 3.50. The first-order valence-electron chi connectivity index (χ1n) is 8.96. The lowest BCUT2D eigenvalue weighted by molar-refractivity contribution is 0.0546. The predicted octanol–water partition coefficient (Wildman–Crippen LogP) is 3.35. The Bertz CT molecular complexity index is 705. The summed E-state index contributed by atoms with van der Waals surface area (Å²) in [5.74, 6) is 0.235. The average Bonchev–Trinajstić information content (AvgIpc) is 2.64. The molecule has 124 valence electrons. The van der Waals surface area contributed by atoms with Crippen molar-refractivity contribution >= 4 is 5.91 Å². The van der Waals surface area contributed by atoms with Crippen molar-refractivity contribution in [2.75, 3.05) is 19.6 Å². The van der Waals surface area contributed by atoms with Crippen molar-refractivity contribution in [3.05, 3.63) is 71.3 Å². The van der Waals surface area contributed by atoms with E-state index in [4.69, 9.17) is 0 Å². The van der Waals surface area contributed by atoms with Gasteiger partial charge in [0.25, 0.3) is 5.91 Å². The van der Waals surface area contributed by atoms with Gasteiger partial charge in [-0.3, -0.25) is 9.69 Å². The molecule has 24 heavy (non-hydrogen) atoms. The fourth-order valence-electron chi connectivity index (χ4n) is 4.02. The Kier molecular flexibility index (Phi) is 4.35. The lowest BCUT2D eigenvalue weighted by atomic mass is 9.94. The Morgan fingerprint density at radius 1 is 0.875 bits per heavy atom. The van der Waals surface area contributed by atoms with Crippen molar-refractivity contribution in [2.24, 2.45) is 0 Å². The van der Waals surface area contributed by atoms with E-state index in [1.165, 1.54) is 11.1 Å². The molecule has 1 amide bonds. The molecule has 3 nitrogen and oxygen atoms in total. The molecule has 2 aliphatic rings. The van der Waals surface area contributed by atoms with Gasteiger partial charge >= 0.3 is 0 Å². The first kappa shape index (κ1) is 15.4. The van der Waals surface area contributed by atoms with Crippen molar-refractivity contribution in [3.8, 4) is 0 Å². The van der Waals surface area contributed by atoms with Crippen LogP contribution in [0.15, 0.2) is 54.6 Å². The number of piperidine rings is 1. The van der Waals surface area contributed by atoms with Gasteiger partial charge in [0, 0.05) is 37.8 Å². The number of benzene rings is 2. The molecular formula is C21H24N2O. The molecule has 0 aromatic heterocycles. The minimum Gasteiger partial charge on any atom is -0.335 e. The largest absolute Gasteiger partial charge is 0.335 e. The quantitative estimate of drug-likeness (QED) is 0.866. The minimum atomic E-state index is 0.235. The summed E-state index contributed by atoms with van der Waals surface area (Å²) in [6.07, 6.45) is 3.16. The average molecular weight is 320 g/mol. The van der Waals surface area contributed by atoms with Crippen LogP contribution in [0.3, 0.4) is 0 Å². The van der Waals surface area contributed by atoms with Crippen LogP contribution in [-0.2, 0) is 13.0 Å². The summed E-state index contributed by atoms with van der Waals surface area (Å²) in [7, 11) is 0. The predicted molar refractivity (Wildman–Crippen MR) is 95.9 cm³/mol. The molecule has 0 radical (unpaired) electrons. The molecular weight excluding hydrogens is 296 g/mol. The molecule has 2 aromatic carbocycles. The van der Waals surface area contributed by atoms with Gasteiger partial charge in [0.1, 0.15) is 0 Å². The Morgan fingerprint density at radius 3 is 2.38 bits per heavy atom. The van der Waals surface area contributed by atoms with E-state index in [0.717, 1.165) is 51.0 Å². The highest BCUT2D eigenvalue weighted by atomic mass is 16.2. The van der Waals surface area contributed by atoms with Gasteiger partial charge in [0.05, 0.1) is 0 Å². The summed E-state index contributed by atoms with van der Waals surface area (Å²) < 4.78 is 0. The van der Waals surface area contributed by atoms with Crippen LogP contribution in [0.2, 0.25) is 0 Å². The molecule has 4 rings (SSSR count). The molecule has 0 N–H and O–H groups in total. The molecule has 2 aliphatic heterocycles. The van der Waals surface area contributed by atoms with E-state index in [1.807, 2.05) is 18.2 Å². The molecule has 3 heteroatoms. The monoisotopic (exact) mass is 320 g/mol. The highest BCUT2D eigenvalue weighted by molar-refractivity contribution is 5.96. The molecule has 0 bridgehead atoms. The minimum absolute atomic E-state index is 0.235. The van der Waals surface area contributed by atoms with Crippen LogP contribution in [-0.4, -0.2) is 41.4 Å². The van der Waals surface area contributed by atoms with Crippen LogP contribution in [0.1, 0.15) is 34.3 Å². The third-order valence-corrected chi connectivity index (χ3v) is 5.38. The normalized spacial score (nSPS) is 19.3. The first-order chi connectivity index (χ1) is 11.8. The number of hydrogen-bond acceptors (Lipinski definition) is 2. The number of fused-ring (bicyclic) bond motifs is 1. The van der Waals surface area contributed by atoms with Crippen LogP contribution in [0, 0.1) is 0 Å². The molecule has 1 fully saturated rings. The maximum Gasteiger partial charge on any atom is 0.254 e. The highest BCUT2D eigenvalue weighted by Gasteiger charge is 2.31. The second-order valence-corrected chi connectivity index (χ2v) is 6.90. The summed E-state index contributed by atoms with van der Waals surface area (Å²) >= 11 is 0. The van der Waals surface area contributed by atoms with E-state index in [9.17, 15) is 4.79 Å². The maximum atomic E-state index is 12.8. The summed E-state index contributed by atoms with van der Waals surface area (Å²) in [5, 5.41) is 0. The van der Waals surface area contributed by atoms with Crippen LogP contribution in [0.25, 0.3) is 0 Å². The molecule has 0 unspecified atom stereocenters. The standard InChI is InChI=1S/C21H24N2O/c24-21-20-9-5-4-8-18(20)10-15-23(21)19-11-13-22(14-12-19)16-17-6-2-1-3-7-17/h1-9,19H,10-16H2. The fourth-order valence-corrected chi connectivity index (χ4v) is 4.02. The van der Waals surface area contributed by atoms with E-state index < -0.39 is 0 Å². The number of amides is 1. The molecule has 0 spiro atoms. The number of hydrogen-bond donors (Lipinski definition) is 0. The van der Waals surface area contributed by atoms with Gasteiger partial charge in [-0.05, 0) is 36.5 Å². The zero-order chi connectivity index (χ0) is 16.4. The van der Waals surface area contributed by atoms with Gasteiger partial charge in [-0.25, -0.2) is 0 Å². The SMILES string of the molecule is O=C1c2ccccc2CCN1C1CCN(Cc2ccccc2)CC1. The number of nitrogens with zero attached hydrogens (tertiary/aromatic N) is 2. The Labute approximate surface area is 143 Å². The van der Waals surface area contributed by atoms with E-state index in [1.54, 1.807) is 0 Å². The smallest absolute Gasteiger partial charge is 0.254 e. The molecule has 1 saturated heterocycles. The summed E-state index contributed by atoms with van der Waals surface area (Å²) in [6, 6.07) is 19.1. The zero-order valence-corrected chi connectivity index (χ0v) is 14.0. The summed E-state index contributed by atoms with van der Waals surface area (Å²) in [6.45, 7) is 4.04. The number of likely N-dealkylation sites (tertiary alicyclic amines) is 1. The van der Waals surface area contributed by atoms with Gasteiger partial charge in [-0.1, -0.05) is 48.5 Å². The van der Waals surface area contributed by atoms with Crippen molar-refractivity contribution in [3.63, 3.8) is 0 Å². The third kappa shape index (κ3) is 3.09. The van der Waals surface area contributed by atoms with Gasteiger partial charge < -0.3 is 4.90 Å². The molecule has 0 saturated carbocycles. The van der Waals surface area contributed by atoms with Crippen molar-refractivity contribution < 1.29 is 4.79 Å². The van der Waals surface area contributed by atoms with Crippen LogP contribution in [0.5, 0.6) is 0 Å². The Hall–Kier alpha value is -2.13. The van der Waals surface area contributed by atoms with E-state index >= 15 is 0 Å². The summed E-state index contributed by atoms with van der Waals surface area (Å²) in [4.78, 5) is 17.4. The molecule has 0 atom stereocenters. The van der Waals surface area contributed by atoms with Gasteiger partial charge in [-0.15, -0.1) is 0 Å². The highest BCUT2D eigenvalue weighted by Crippen LogP contribution is 2.25. The number of rotatable bonds is 3. The number of carbonyl (C=O) groups excluding carboxylic acids is 1. The van der Waals surface area contributed by atoms with Crippen molar-refractivity contribution in [1.29, 1.82) is 0 Å². The second-order valence-electron chi connectivity index (χ2n) is 6.90. The molecule has 0 aliphatic carbocycles. The van der Waals surface area contributed by atoms with Crippen LogP contribution < -0.4 is 0 Å². The lowest BCUT2D eigenvalue weighted by Gasteiger charge is -2.40. The topological polar surface area (TPSA) is 23.6 Å². The second kappa shape index (κ2) is 6.78. The van der Waals surface area contributed by atoms with E-state index in [0.29, 0.717) is 6.04 Å². The molecule has 2 aromatic rings. The Morgan fingerprint density at radius 2 is 1.58 bits per heavy atom. The van der Waals surface area contributed by atoms with Gasteiger partial charge in [-0.2, -0.15) is 0 Å². The van der Waals surface area contributed by atoms with Crippen LogP contribution in [0.4, 0.5) is 0 Å². The fraction of sp³-hybridized carbons (Fsp3) is 0.381. The molecule has 2 heterocycles. The van der Waals surface area contributed by atoms with Crippen molar-refractivity contribution in [1.82, 2.24) is 9.80 Å². The van der Waals surface area contributed by atoms with E-state index in [2.05, 4.69) is 46.2 Å². The third-order valence-electron chi connectivity index (χ3n) is 5.38. The Balaban J connectivity index is 1.37. The van der Waals surface area contributed by atoms with E-state index in [-0.39, 0.29) is 5.91 Å². The lowest BCUT2D eigenvalue weighted by Crippen LogP contribution is -2.49. The first-order valence-corrected chi connectivity index (χ1v) is 8.96. The van der Waals surface area contributed by atoms with Crippen LogP contribution >= 0.6 is 0 Å². The zero-order valence-electron chi connectivity index (χ0n) is 14.0. The number of carbonyl (C=O) groups is 1. The van der Waals surface area contributed by atoms with Gasteiger partial charge in [0.15, 0.2) is 0 Å².